The molecule has 0 fully saturated rings. The first-order valence-corrected chi connectivity index (χ1v) is 6.20. The van der Waals surface area contributed by atoms with Crippen LogP contribution >= 0.6 is 11.8 Å². The Labute approximate surface area is 91.4 Å². The summed E-state index contributed by atoms with van der Waals surface area (Å²) in [6, 6.07) is 0. The van der Waals surface area contributed by atoms with Crippen molar-refractivity contribution in [1.82, 2.24) is 0 Å². The average Bonchev–Trinajstić information content (AvgIpc) is 2.28. The van der Waals surface area contributed by atoms with E-state index in [1.54, 1.807) is 0 Å². The Morgan fingerprint density at radius 3 is 3.00 bits per heavy atom. The van der Waals surface area contributed by atoms with Crippen LogP contribution in [0.25, 0.3) is 0 Å². The van der Waals surface area contributed by atoms with E-state index in [9.17, 15) is 0 Å². The Morgan fingerprint density at radius 1 is 1.57 bits per heavy atom. The van der Waals surface area contributed by atoms with Gasteiger partial charge in [0, 0.05) is 5.25 Å². The first-order valence-electron chi connectivity index (χ1n) is 5.26. The summed E-state index contributed by atoms with van der Waals surface area (Å²) in [6.07, 6.45) is 7.95. The van der Waals surface area contributed by atoms with E-state index in [2.05, 4.69) is 44.0 Å². The largest absolute Gasteiger partial charge is 0.282 e. The first-order chi connectivity index (χ1) is 6.74. The smallest absolute Gasteiger partial charge is 0.0582 e. The van der Waals surface area contributed by atoms with Crippen molar-refractivity contribution in [1.29, 1.82) is 0 Å². The van der Waals surface area contributed by atoms with E-state index in [4.69, 9.17) is 0 Å². The molecule has 0 saturated heterocycles. The molecule has 1 aliphatic heterocycles. The monoisotopic (exact) mass is 209 g/mol. The molecule has 78 valence electrons. The van der Waals surface area contributed by atoms with Gasteiger partial charge >= 0.3 is 0 Å². The van der Waals surface area contributed by atoms with E-state index in [-0.39, 0.29) is 0 Å². The maximum Gasteiger partial charge on any atom is 0.0582 e. The van der Waals surface area contributed by atoms with Crippen LogP contribution in [0.1, 0.15) is 27.2 Å². The van der Waals surface area contributed by atoms with Gasteiger partial charge in [-0.3, -0.25) is 4.99 Å². The minimum absolute atomic E-state index is 0.582. The van der Waals surface area contributed by atoms with E-state index < -0.39 is 0 Å². The summed E-state index contributed by atoms with van der Waals surface area (Å²) in [4.78, 5) is 4.34. The predicted octanol–water partition coefficient (Wildman–Crippen LogP) is 3.68. The molecule has 14 heavy (non-hydrogen) atoms. The predicted molar refractivity (Wildman–Crippen MR) is 67.1 cm³/mol. The quantitative estimate of drug-likeness (QED) is 0.676. The highest BCUT2D eigenvalue weighted by Crippen LogP contribution is 2.18. The minimum Gasteiger partial charge on any atom is -0.282 e. The van der Waals surface area contributed by atoms with E-state index >= 15 is 0 Å². The van der Waals surface area contributed by atoms with Crippen molar-refractivity contribution in [3.8, 4) is 0 Å². The maximum atomic E-state index is 4.34. The first kappa shape index (κ1) is 11.6. The Kier molecular flexibility index (Phi) is 5.02. The lowest BCUT2D eigenvalue weighted by molar-refractivity contribution is 0.785. The summed E-state index contributed by atoms with van der Waals surface area (Å²) in [7, 11) is 0. The standard InChI is InChI=1S/C12H19NS/c1-4-12-6-5-11(10(2)3)7-8-13-9-14-12/h5-7,9-10,12H,4,8H2,1-3H3/b6-5-,11-7+,13-9?. The molecule has 0 saturated carbocycles. The second-order valence-corrected chi connectivity index (χ2v) is 4.86. The third kappa shape index (κ3) is 3.70. The van der Waals surface area contributed by atoms with Gasteiger partial charge in [-0.05, 0) is 17.9 Å². The highest BCUT2D eigenvalue weighted by Gasteiger charge is 2.04. The van der Waals surface area contributed by atoms with Gasteiger partial charge in [0.15, 0.2) is 0 Å². The molecule has 0 aliphatic carbocycles. The number of aliphatic imine (C=N–C) groups is 1. The summed E-state index contributed by atoms with van der Waals surface area (Å²) < 4.78 is 0. The molecule has 0 spiro atoms. The number of rotatable bonds is 2. The van der Waals surface area contributed by atoms with E-state index in [1.165, 1.54) is 12.0 Å². The Hall–Kier alpha value is -0.500. The molecule has 0 aromatic carbocycles. The normalized spacial score (nSPS) is 28.9. The van der Waals surface area contributed by atoms with E-state index in [0.717, 1.165) is 6.54 Å². The lowest BCUT2D eigenvalue weighted by Gasteiger charge is -2.07. The van der Waals surface area contributed by atoms with Gasteiger partial charge in [0.25, 0.3) is 0 Å². The van der Waals surface area contributed by atoms with Crippen molar-refractivity contribution in [2.24, 2.45) is 10.9 Å². The Balaban J connectivity index is 2.76. The number of allylic oxidation sites excluding steroid dienone is 2. The zero-order chi connectivity index (χ0) is 10.4. The van der Waals surface area contributed by atoms with Crippen LogP contribution in [0, 0.1) is 5.92 Å². The molecule has 1 aliphatic rings. The molecule has 0 N–H and O–H groups in total. The SMILES string of the molecule is CCC1/C=C\C(C(C)C)=C/CN=CS1. The Morgan fingerprint density at radius 2 is 2.36 bits per heavy atom. The van der Waals surface area contributed by atoms with Crippen molar-refractivity contribution in [2.75, 3.05) is 6.54 Å². The van der Waals surface area contributed by atoms with Gasteiger partial charge in [0.2, 0.25) is 0 Å². The molecular formula is C12H19NS. The zero-order valence-corrected chi connectivity index (χ0v) is 10.1. The van der Waals surface area contributed by atoms with Crippen LogP contribution in [0.3, 0.4) is 0 Å². The fourth-order valence-corrected chi connectivity index (χ4v) is 2.00. The number of hydrogen-bond donors (Lipinski definition) is 0. The zero-order valence-electron chi connectivity index (χ0n) is 9.23. The van der Waals surface area contributed by atoms with Gasteiger partial charge in [-0.2, -0.15) is 0 Å². The molecule has 0 amide bonds. The second kappa shape index (κ2) is 6.07. The van der Waals surface area contributed by atoms with Gasteiger partial charge < -0.3 is 0 Å². The van der Waals surface area contributed by atoms with Gasteiger partial charge in [-0.15, -0.1) is 11.8 Å². The molecule has 1 unspecified atom stereocenters. The van der Waals surface area contributed by atoms with Crippen molar-refractivity contribution >= 4 is 17.3 Å². The molecule has 1 nitrogen and oxygen atoms in total. The molecule has 0 bridgehead atoms. The maximum absolute atomic E-state index is 4.34. The minimum atomic E-state index is 0.582. The lowest BCUT2D eigenvalue weighted by atomic mass is 10.0. The van der Waals surface area contributed by atoms with Crippen LogP contribution in [0.5, 0.6) is 0 Å². The van der Waals surface area contributed by atoms with Gasteiger partial charge in [0.05, 0.1) is 12.1 Å². The number of hydrogen-bond acceptors (Lipinski definition) is 2. The van der Waals surface area contributed by atoms with Crippen molar-refractivity contribution in [2.45, 2.75) is 32.4 Å². The second-order valence-electron chi connectivity index (χ2n) is 3.77. The third-order valence-electron chi connectivity index (χ3n) is 2.31. The molecule has 0 aromatic rings. The van der Waals surface area contributed by atoms with Crippen LogP contribution in [-0.4, -0.2) is 17.3 Å². The fraction of sp³-hybridized carbons (Fsp3) is 0.583. The number of thioether (sulfide) groups is 1. The van der Waals surface area contributed by atoms with Crippen LogP contribution in [-0.2, 0) is 0 Å². The van der Waals surface area contributed by atoms with Crippen LogP contribution in [0.15, 0.2) is 28.8 Å². The Bertz CT molecular complexity index is 251. The molecule has 1 heterocycles. The van der Waals surface area contributed by atoms with Crippen LogP contribution in [0.2, 0.25) is 0 Å². The molecule has 2 heteroatoms. The summed E-state index contributed by atoms with van der Waals surface area (Å²) in [5.74, 6) is 0.599. The summed E-state index contributed by atoms with van der Waals surface area (Å²) in [6.45, 7) is 7.49. The fourth-order valence-electron chi connectivity index (χ4n) is 1.31. The highest BCUT2D eigenvalue weighted by atomic mass is 32.2. The molecule has 1 atom stereocenters. The van der Waals surface area contributed by atoms with E-state index in [1.807, 2.05) is 17.3 Å². The molecule has 0 radical (unpaired) electrons. The van der Waals surface area contributed by atoms with Gasteiger partial charge in [-0.1, -0.05) is 39.0 Å². The molecular weight excluding hydrogens is 190 g/mol. The lowest BCUT2D eigenvalue weighted by Crippen LogP contribution is -1.96. The summed E-state index contributed by atoms with van der Waals surface area (Å²) in [5, 5.41) is 0.582. The van der Waals surface area contributed by atoms with Crippen LogP contribution < -0.4 is 0 Å². The van der Waals surface area contributed by atoms with Gasteiger partial charge in [0.1, 0.15) is 0 Å². The molecule has 1 rings (SSSR count). The van der Waals surface area contributed by atoms with Gasteiger partial charge in [-0.25, -0.2) is 0 Å². The average molecular weight is 209 g/mol. The third-order valence-corrected chi connectivity index (χ3v) is 3.43. The van der Waals surface area contributed by atoms with E-state index in [0.29, 0.717) is 11.2 Å². The van der Waals surface area contributed by atoms with Crippen molar-refractivity contribution in [3.63, 3.8) is 0 Å². The topological polar surface area (TPSA) is 12.4 Å². The number of nitrogens with zero attached hydrogens (tertiary/aromatic N) is 1. The van der Waals surface area contributed by atoms with Crippen LogP contribution in [0.4, 0.5) is 0 Å². The highest BCUT2D eigenvalue weighted by molar-refractivity contribution is 8.12. The van der Waals surface area contributed by atoms with Crippen molar-refractivity contribution < 1.29 is 0 Å². The molecule has 0 aromatic heterocycles. The summed E-state index contributed by atoms with van der Waals surface area (Å²) >= 11 is 1.81. The summed E-state index contributed by atoms with van der Waals surface area (Å²) in [5.41, 5.74) is 3.39. The van der Waals surface area contributed by atoms with Crippen molar-refractivity contribution in [3.05, 3.63) is 23.8 Å².